The zero-order valence-corrected chi connectivity index (χ0v) is 11.9. The largest absolute Gasteiger partial charge is 0.461 e. The lowest BCUT2D eigenvalue weighted by Gasteiger charge is -2.37. The molecule has 0 N–H and O–H groups in total. The summed E-state index contributed by atoms with van der Waals surface area (Å²) in [6.45, 7) is 7.97. The highest BCUT2D eigenvalue weighted by molar-refractivity contribution is 5.44. The van der Waals surface area contributed by atoms with Crippen molar-refractivity contribution in [1.82, 2.24) is 15.0 Å². The summed E-state index contributed by atoms with van der Waals surface area (Å²) >= 11 is 0. The first-order valence-corrected chi connectivity index (χ1v) is 6.90. The third kappa shape index (κ3) is 2.62. The van der Waals surface area contributed by atoms with E-state index in [0.717, 1.165) is 13.1 Å². The van der Waals surface area contributed by atoms with E-state index in [1.165, 1.54) is 0 Å². The maximum atomic E-state index is 5.74. The van der Waals surface area contributed by atoms with Crippen molar-refractivity contribution < 1.29 is 13.7 Å². The molecule has 0 aliphatic carbocycles. The molecule has 3 rings (SSSR count). The summed E-state index contributed by atoms with van der Waals surface area (Å²) in [5, 5.41) is 3.97. The Morgan fingerprint density at radius 2 is 2.05 bits per heavy atom. The molecule has 2 aromatic rings. The Morgan fingerprint density at radius 1 is 1.30 bits per heavy atom. The highest BCUT2D eigenvalue weighted by Crippen LogP contribution is 2.25. The number of hydrogen-bond donors (Lipinski definition) is 0. The van der Waals surface area contributed by atoms with Gasteiger partial charge in [0.15, 0.2) is 5.76 Å². The minimum absolute atomic E-state index is 0.0695. The average Bonchev–Trinajstić information content (AvgIpc) is 3.07. The van der Waals surface area contributed by atoms with Crippen molar-refractivity contribution >= 4 is 0 Å². The first-order chi connectivity index (χ1) is 9.63. The zero-order valence-electron chi connectivity index (χ0n) is 11.9. The molecule has 0 bridgehead atoms. The summed E-state index contributed by atoms with van der Waals surface area (Å²) in [7, 11) is 0. The van der Waals surface area contributed by atoms with Crippen LogP contribution in [0.2, 0.25) is 0 Å². The van der Waals surface area contributed by atoms with Crippen LogP contribution in [0.3, 0.4) is 0 Å². The van der Waals surface area contributed by atoms with Crippen LogP contribution in [0.15, 0.2) is 27.3 Å². The lowest BCUT2D eigenvalue weighted by atomic mass is 10.2. The molecule has 3 heterocycles. The first-order valence-electron chi connectivity index (χ1n) is 6.90. The highest BCUT2D eigenvalue weighted by atomic mass is 16.5. The summed E-state index contributed by atoms with van der Waals surface area (Å²) in [4.78, 5) is 6.73. The Kier molecular flexibility index (Phi) is 3.58. The number of hydrogen-bond acceptors (Lipinski definition) is 6. The van der Waals surface area contributed by atoms with Gasteiger partial charge in [0.05, 0.1) is 24.5 Å². The monoisotopic (exact) mass is 277 g/mol. The van der Waals surface area contributed by atoms with Crippen molar-refractivity contribution in [2.45, 2.75) is 39.0 Å². The van der Waals surface area contributed by atoms with Gasteiger partial charge in [0.1, 0.15) is 0 Å². The van der Waals surface area contributed by atoms with Crippen molar-refractivity contribution in [1.29, 1.82) is 0 Å². The number of furan rings is 1. The maximum absolute atomic E-state index is 5.74. The third-order valence-electron chi connectivity index (χ3n) is 3.54. The molecule has 0 radical (unpaired) electrons. The van der Waals surface area contributed by atoms with E-state index in [4.69, 9.17) is 13.7 Å². The Hall–Kier alpha value is -1.66. The normalized spacial score (nSPS) is 25.8. The van der Waals surface area contributed by atoms with Crippen LogP contribution in [-0.4, -0.2) is 40.3 Å². The fourth-order valence-corrected chi connectivity index (χ4v) is 2.60. The summed E-state index contributed by atoms with van der Waals surface area (Å²) in [6, 6.07) is 3.69. The molecule has 1 fully saturated rings. The van der Waals surface area contributed by atoms with Crippen molar-refractivity contribution in [3.63, 3.8) is 0 Å². The second-order valence-electron chi connectivity index (χ2n) is 5.32. The number of rotatable bonds is 3. The SMILES string of the molecule is C[C@@H]1CN([C@@H](C)c2nc(-c3ccco3)no2)C[C@H](C)O1. The smallest absolute Gasteiger partial charge is 0.244 e. The van der Waals surface area contributed by atoms with Crippen LogP contribution in [0.4, 0.5) is 0 Å². The topological polar surface area (TPSA) is 64.5 Å². The molecule has 0 spiro atoms. The van der Waals surface area contributed by atoms with E-state index in [-0.39, 0.29) is 18.2 Å². The van der Waals surface area contributed by atoms with Crippen LogP contribution < -0.4 is 0 Å². The molecule has 1 aliphatic rings. The van der Waals surface area contributed by atoms with E-state index in [2.05, 4.69) is 35.8 Å². The minimum Gasteiger partial charge on any atom is -0.461 e. The molecule has 2 aromatic heterocycles. The van der Waals surface area contributed by atoms with Gasteiger partial charge in [-0.3, -0.25) is 4.90 Å². The average molecular weight is 277 g/mol. The lowest BCUT2D eigenvalue weighted by Crippen LogP contribution is -2.46. The van der Waals surface area contributed by atoms with E-state index in [1.54, 1.807) is 12.3 Å². The van der Waals surface area contributed by atoms with Gasteiger partial charge in [-0.2, -0.15) is 4.98 Å². The molecule has 1 aliphatic heterocycles. The fourth-order valence-electron chi connectivity index (χ4n) is 2.60. The number of nitrogens with zero attached hydrogens (tertiary/aromatic N) is 3. The third-order valence-corrected chi connectivity index (χ3v) is 3.54. The molecule has 0 aromatic carbocycles. The van der Waals surface area contributed by atoms with E-state index in [9.17, 15) is 0 Å². The second-order valence-corrected chi connectivity index (χ2v) is 5.32. The van der Waals surface area contributed by atoms with Gasteiger partial charge < -0.3 is 13.7 Å². The molecule has 6 nitrogen and oxygen atoms in total. The van der Waals surface area contributed by atoms with Crippen molar-refractivity contribution in [2.24, 2.45) is 0 Å². The van der Waals surface area contributed by atoms with Crippen LogP contribution in [-0.2, 0) is 4.74 Å². The van der Waals surface area contributed by atoms with Crippen LogP contribution in [0.1, 0.15) is 32.7 Å². The standard InChI is InChI=1S/C14H19N3O3/c1-9-7-17(8-10(2)19-9)11(3)14-15-13(16-20-14)12-5-4-6-18-12/h4-6,9-11H,7-8H2,1-3H3/t9-,10+,11-/m0/s1. The maximum Gasteiger partial charge on any atom is 0.244 e. The number of aromatic nitrogens is 2. The molecule has 0 unspecified atom stereocenters. The summed E-state index contributed by atoms with van der Waals surface area (Å²) < 4.78 is 16.4. The Morgan fingerprint density at radius 3 is 2.70 bits per heavy atom. The van der Waals surface area contributed by atoms with Crippen molar-refractivity contribution in [2.75, 3.05) is 13.1 Å². The lowest BCUT2D eigenvalue weighted by molar-refractivity contribution is -0.0818. The minimum atomic E-state index is 0.0695. The Bertz CT molecular complexity index is 542. The van der Waals surface area contributed by atoms with Crippen LogP contribution in [0.5, 0.6) is 0 Å². The molecule has 1 saturated heterocycles. The van der Waals surface area contributed by atoms with Gasteiger partial charge in [-0.15, -0.1) is 0 Å². The van der Waals surface area contributed by atoms with Gasteiger partial charge >= 0.3 is 0 Å². The summed E-state index contributed by atoms with van der Waals surface area (Å²) in [6.07, 6.45) is 2.03. The number of ether oxygens (including phenoxy) is 1. The second kappa shape index (κ2) is 5.38. The quantitative estimate of drug-likeness (QED) is 0.859. The Balaban J connectivity index is 1.75. The molecule has 0 amide bonds. The number of morpholine rings is 1. The predicted octanol–water partition coefficient (Wildman–Crippen LogP) is 2.50. The summed E-state index contributed by atoms with van der Waals surface area (Å²) in [5.74, 6) is 1.72. The molecular weight excluding hydrogens is 258 g/mol. The van der Waals surface area contributed by atoms with Gasteiger partial charge in [-0.25, -0.2) is 0 Å². The molecule has 0 saturated carbocycles. The van der Waals surface area contributed by atoms with Crippen LogP contribution in [0, 0.1) is 0 Å². The van der Waals surface area contributed by atoms with Gasteiger partial charge in [-0.1, -0.05) is 5.16 Å². The molecule has 6 heteroatoms. The highest BCUT2D eigenvalue weighted by Gasteiger charge is 2.29. The first kappa shape index (κ1) is 13.3. The fraction of sp³-hybridized carbons (Fsp3) is 0.571. The predicted molar refractivity (Wildman–Crippen MR) is 72.0 cm³/mol. The van der Waals surface area contributed by atoms with Gasteiger partial charge in [-0.05, 0) is 32.9 Å². The van der Waals surface area contributed by atoms with Gasteiger partial charge in [0.2, 0.25) is 11.7 Å². The van der Waals surface area contributed by atoms with E-state index >= 15 is 0 Å². The Labute approximate surface area is 117 Å². The summed E-state index contributed by atoms with van der Waals surface area (Å²) in [5.41, 5.74) is 0. The van der Waals surface area contributed by atoms with E-state index in [0.29, 0.717) is 17.5 Å². The molecule has 20 heavy (non-hydrogen) atoms. The van der Waals surface area contributed by atoms with Gasteiger partial charge in [0.25, 0.3) is 0 Å². The molecule has 3 atom stereocenters. The molecular formula is C14H19N3O3. The van der Waals surface area contributed by atoms with E-state index < -0.39 is 0 Å². The zero-order chi connectivity index (χ0) is 14.1. The van der Waals surface area contributed by atoms with Crippen molar-refractivity contribution in [3.8, 4) is 11.6 Å². The molecule has 108 valence electrons. The van der Waals surface area contributed by atoms with Crippen LogP contribution >= 0.6 is 0 Å². The van der Waals surface area contributed by atoms with Crippen molar-refractivity contribution in [3.05, 3.63) is 24.3 Å². The van der Waals surface area contributed by atoms with Crippen LogP contribution in [0.25, 0.3) is 11.6 Å². The van der Waals surface area contributed by atoms with E-state index in [1.807, 2.05) is 6.07 Å². The van der Waals surface area contributed by atoms with Gasteiger partial charge in [0, 0.05) is 13.1 Å².